The Hall–Kier alpha value is -1.74. The number of aryl methyl sites for hydroxylation is 1. The van der Waals surface area contributed by atoms with E-state index in [2.05, 4.69) is 20.5 Å². The molecule has 1 aromatic carbocycles. The van der Waals surface area contributed by atoms with E-state index < -0.39 is 17.6 Å². The summed E-state index contributed by atoms with van der Waals surface area (Å²) in [6.45, 7) is 1.69. The lowest BCUT2D eigenvalue weighted by molar-refractivity contribution is -0.137. The minimum absolute atomic E-state index is 0.0594. The van der Waals surface area contributed by atoms with Gasteiger partial charge in [0.1, 0.15) is 5.82 Å². The largest absolute Gasteiger partial charge is 0.418 e. The molecule has 5 nitrogen and oxygen atoms in total. The van der Waals surface area contributed by atoms with Crippen LogP contribution in [0.15, 0.2) is 23.4 Å². The van der Waals surface area contributed by atoms with Gasteiger partial charge in [0, 0.05) is 5.02 Å². The van der Waals surface area contributed by atoms with Crippen LogP contribution in [-0.2, 0) is 11.0 Å². The lowest BCUT2D eigenvalue weighted by Crippen LogP contribution is -2.18. The summed E-state index contributed by atoms with van der Waals surface area (Å²) >= 11 is 6.58. The van der Waals surface area contributed by atoms with E-state index in [0.717, 1.165) is 23.9 Å². The fraction of sp³-hybridized carbons (Fsp3) is 0.250. The van der Waals surface area contributed by atoms with Gasteiger partial charge in [-0.3, -0.25) is 9.89 Å². The zero-order chi connectivity index (χ0) is 16.3. The first kappa shape index (κ1) is 16.6. The fourth-order valence-corrected chi connectivity index (χ4v) is 2.38. The van der Waals surface area contributed by atoms with Crippen molar-refractivity contribution in [2.24, 2.45) is 0 Å². The van der Waals surface area contributed by atoms with Crippen molar-refractivity contribution in [2.45, 2.75) is 18.3 Å². The van der Waals surface area contributed by atoms with Crippen LogP contribution < -0.4 is 5.32 Å². The van der Waals surface area contributed by atoms with Gasteiger partial charge >= 0.3 is 6.18 Å². The van der Waals surface area contributed by atoms with Crippen LogP contribution in [0.2, 0.25) is 5.02 Å². The lowest BCUT2D eigenvalue weighted by Gasteiger charge is -2.13. The molecule has 0 unspecified atom stereocenters. The molecule has 0 saturated carbocycles. The first-order valence-electron chi connectivity index (χ1n) is 5.94. The molecule has 10 heteroatoms. The molecule has 0 aliphatic carbocycles. The van der Waals surface area contributed by atoms with Crippen LogP contribution >= 0.6 is 23.4 Å². The third kappa shape index (κ3) is 4.38. The van der Waals surface area contributed by atoms with Gasteiger partial charge in [-0.2, -0.15) is 13.2 Å². The number of alkyl halides is 3. The topological polar surface area (TPSA) is 70.7 Å². The molecule has 0 aliphatic heterocycles. The molecule has 0 radical (unpaired) electrons. The molecular weight excluding hydrogens is 341 g/mol. The van der Waals surface area contributed by atoms with E-state index in [0.29, 0.717) is 11.0 Å². The highest BCUT2D eigenvalue weighted by atomic mass is 35.5. The maximum Gasteiger partial charge on any atom is 0.418 e. The average Bonchev–Trinajstić information content (AvgIpc) is 2.83. The van der Waals surface area contributed by atoms with Crippen LogP contribution in [0.5, 0.6) is 0 Å². The van der Waals surface area contributed by atoms with Gasteiger partial charge in [-0.25, -0.2) is 4.98 Å². The summed E-state index contributed by atoms with van der Waals surface area (Å²) in [6, 6.07) is 3.16. The summed E-state index contributed by atoms with van der Waals surface area (Å²) in [5, 5.41) is 8.92. The highest BCUT2D eigenvalue weighted by Gasteiger charge is 2.34. The van der Waals surface area contributed by atoms with Crippen molar-refractivity contribution in [3.8, 4) is 0 Å². The van der Waals surface area contributed by atoms with E-state index in [1.807, 2.05) is 0 Å². The number of nitrogens with zero attached hydrogens (tertiary/aromatic N) is 2. The second-order valence-electron chi connectivity index (χ2n) is 4.23. The second kappa shape index (κ2) is 6.57. The highest BCUT2D eigenvalue weighted by molar-refractivity contribution is 7.99. The molecule has 2 rings (SSSR count). The number of rotatable bonds is 4. The molecule has 2 aromatic rings. The van der Waals surface area contributed by atoms with Crippen LogP contribution in [0.25, 0.3) is 0 Å². The molecule has 1 aromatic heterocycles. The Balaban J connectivity index is 2.05. The van der Waals surface area contributed by atoms with E-state index in [9.17, 15) is 18.0 Å². The van der Waals surface area contributed by atoms with Crippen molar-refractivity contribution in [3.05, 3.63) is 34.6 Å². The first-order chi connectivity index (χ1) is 10.3. The summed E-state index contributed by atoms with van der Waals surface area (Å²) in [4.78, 5) is 15.7. The number of hydrogen-bond donors (Lipinski definition) is 2. The summed E-state index contributed by atoms with van der Waals surface area (Å²) in [5.74, 6) is -0.128. The number of benzene rings is 1. The van der Waals surface area contributed by atoms with Gasteiger partial charge in [-0.05, 0) is 25.1 Å². The molecule has 0 aliphatic rings. The van der Waals surface area contributed by atoms with Gasteiger partial charge in [-0.1, -0.05) is 23.4 Å². The lowest BCUT2D eigenvalue weighted by atomic mass is 10.1. The number of halogens is 4. The number of amides is 1. The maximum absolute atomic E-state index is 12.9. The average molecular weight is 351 g/mol. The summed E-state index contributed by atoms with van der Waals surface area (Å²) in [7, 11) is 0. The number of nitrogens with one attached hydrogen (secondary N) is 2. The Bertz CT molecular complexity index is 689. The maximum atomic E-state index is 12.9. The van der Waals surface area contributed by atoms with Gasteiger partial charge in [0.05, 0.1) is 17.0 Å². The summed E-state index contributed by atoms with van der Waals surface area (Å²) < 4.78 is 38.7. The smallest absolute Gasteiger partial charge is 0.325 e. The van der Waals surface area contributed by atoms with E-state index in [4.69, 9.17) is 11.6 Å². The van der Waals surface area contributed by atoms with Gasteiger partial charge in [0.15, 0.2) is 0 Å². The van der Waals surface area contributed by atoms with Crippen LogP contribution in [0.4, 0.5) is 18.9 Å². The Morgan fingerprint density at radius 3 is 2.77 bits per heavy atom. The molecule has 1 heterocycles. The molecule has 0 atom stereocenters. The van der Waals surface area contributed by atoms with E-state index in [1.165, 1.54) is 6.07 Å². The van der Waals surface area contributed by atoms with Crippen LogP contribution in [-0.4, -0.2) is 26.8 Å². The minimum atomic E-state index is -4.61. The number of anilines is 1. The number of H-pyrrole nitrogens is 1. The normalized spacial score (nSPS) is 11.5. The number of carbonyl (C=O) groups is 1. The highest BCUT2D eigenvalue weighted by Crippen LogP contribution is 2.36. The molecule has 22 heavy (non-hydrogen) atoms. The number of hydrogen-bond acceptors (Lipinski definition) is 4. The van der Waals surface area contributed by atoms with Crippen LogP contribution in [0.3, 0.4) is 0 Å². The molecule has 1 amide bonds. The van der Waals surface area contributed by atoms with Crippen molar-refractivity contribution >= 4 is 35.0 Å². The minimum Gasteiger partial charge on any atom is -0.325 e. The quantitative estimate of drug-likeness (QED) is 0.828. The van der Waals surface area contributed by atoms with Crippen LogP contribution in [0.1, 0.15) is 11.4 Å². The summed E-state index contributed by atoms with van der Waals surface area (Å²) in [5.41, 5.74) is -1.33. The molecular formula is C12H10ClF3N4OS. The molecule has 0 fully saturated rings. The molecule has 0 bridgehead atoms. The van der Waals surface area contributed by atoms with Crippen molar-refractivity contribution in [1.29, 1.82) is 0 Å². The molecule has 0 saturated heterocycles. The predicted octanol–water partition coefficient (Wildman–Crippen LogP) is 3.52. The molecule has 0 spiro atoms. The number of carbonyl (C=O) groups excluding carboxylic acids is 1. The van der Waals surface area contributed by atoms with Gasteiger partial charge in [0.2, 0.25) is 11.1 Å². The Labute approximate surface area is 132 Å². The van der Waals surface area contributed by atoms with E-state index >= 15 is 0 Å². The van der Waals surface area contributed by atoms with E-state index in [-0.39, 0.29) is 16.5 Å². The zero-order valence-corrected chi connectivity index (χ0v) is 12.7. The third-order valence-electron chi connectivity index (χ3n) is 2.47. The molecule has 118 valence electrons. The van der Waals surface area contributed by atoms with Gasteiger partial charge in [0.25, 0.3) is 0 Å². The Morgan fingerprint density at radius 2 is 2.18 bits per heavy atom. The number of aromatic amines is 1. The number of aromatic nitrogens is 3. The van der Waals surface area contributed by atoms with Crippen molar-refractivity contribution < 1.29 is 18.0 Å². The number of thioether (sulfide) groups is 1. The zero-order valence-electron chi connectivity index (χ0n) is 11.2. The monoisotopic (exact) mass is 350 g/mol. The van der Waals surface area contributed by atoms with Gasteiger partial charge < -0.3 is 5.32 Å². The van der Waals surface area contributed by atoms with Crippen molar-refractivity contribution in [1.82, 2.24) is 15.2 Å². The summed E-state index contributed by atoms with van der Waals surface area (Å²) in [6.07, 6.45) is -4.61. The SMILES string of the molecule is Cc1nc(SCC(=O)Nc2ccc(Cl)cc2C(F)(F)F)n[nH]1. The van der Waals surface area contributed by atoms with Crippen molar-refractivity contribution in [3.63, 3.8) is 0 Å². The Kier molecular flexibility index (Phi) is 4.97. The predicted molar refractivity (Wildman–Crippen MR) is 76.9 cm³/mol. The van der Waals surface area contributed by atoms with E-state index in [1.54, 1.807) is 6.92 Å². The first-order valence-corrected chi connectivity index (χ1v) is 7.30. The van der Waals surface area contributed by atoms with Gasteiger partial charge in [-0.15, -0.1) is 5.10 Å². The van der Waals surface area contributed by atoms with Crippen LogP contribution in [0, 0.1) is 6.92 Å². The molecule has 2 N–H and O–H groups in total. The third-order valence-corrected chi connectivity index (χ3v) is 3.55. The standard InChI is InChI=1S/C12H10ClF3N4OS/c1-6-17-11(20-19-6)22-5-10(21)18-9-3-2-7(13)4-8(9)12(14,15)16/h2-4H,5H2,1H3,(H,18,21)(H,17,19,20). The Morgan fingerprint density at radius 1 is 1.45 bits per heavy atom. The fourth-order valence-electron chi connectivity index (χ4n) is 1.56. The van der Waals surface area contributed by atoms with Crippen molar-refractivity contribution in [2.75, 3.05) is 11.1 Å². The second-order valence-corrected chi connectivity index (χ2v) is 5.61.